The number of hydrogen-bond donors (Lipinski definition) is 2. The number of nitrogens with two attached hydrogens (primary N) is 1. The number of nitriles is 1. The van der Waals surface area contributed by atoms with Gasteiger partial charge >= 0.3 is 0 Å². The van der Waals surface area contributed by atoms with E-state index in [9.17, 15) is 13.2 Å². The lowest BCUT2D eigenvalue weighted by molar-refractivity contribution is 0.130. The maximum atomic E-state index is 13.4. The Morgan fingerprint density at radius 2 is 2.22 bits per heavy atom. The molecule has 1 heterocycles. The first kappa shape index (κ1) is 14.5. The highest BCUT2D eigenvalue weighted by atomic mass is 35.5. The molecule has 0 aliphatic rings. The van der Waals surface area contributed by atoms with E-state index < -0.39 is 24.7 Å². The first-order valence-electron chi connectivity index (χ1n) is 4.97. The van der Waals surface area contributed by atoms with Crippen LogP contribution in [0.5, 0.6) is 0 Å². The Bertz CT molecular complexity index is 461. The molecule has 4 nitrogen and oxygen atoms in total. The van der Waals surface area contributed by atoms with Crippen molar-refractivity contribution in [2.45, 2.75) is 18.9 Å². The third kappa shape index (κ3) is 4.05. The van der Waals surface area contributed by atoms with Crippen LogP contribution in [0.3, 0.4) is 0 Å². The van der Waals surface area contributed by atoms with Crippen molar-refractivity contribution < 1.29 is 13.2 Å². The van der Waals surface area contributed by atoms with Gasteiger partial charge in [-0.25, -0.2) is 18.2 Å². The van der Waals surface area contributed by atoms with Gasteiger partial charge in [0.1, 0.15) is 11.2 Å². The molecule has 0 aliphatic carbocycles. The molecule has 18 heavy (non-hydrogen) atoms. The zero-order valence-corrected chi connectivity index (χ0v) is 9.89. The van der Waals surface area contributed by atoms with Crippen molar-refractivity contribution in [2.75, 3.05) is 11.9 Å². The molecule has 1 atom stereocenters. The number of aromatic nitrogens is 1. The minimum Gasteiger partial charge on any atom is -0.366 e. The molecule has 0 aromatic carbocycles. The lowest BCUT2D eigenvalue weighted by atomic mass is 10.2. The topological polar surface area (TPSA) is 74.7 Å². The van der Waals surface area contributed by atoms with Crippen molar-refractivity contribution in [1.82, 2.24) is 4.98 Å². The van der Waals surface area contributed by atoms with E-state index in [1.165, 1.54) is 0 Å². The molecule has 0 aliphatic heterocycles. The summed E-state index contributed by atoms with van der Waals surface area (Å²) in [6, 6.07) is 1.75. The predicted octanol–water partition coefficient (Wildman–Crippen LogP) is 2.14. The molecule has 1 aromatic rings. The van der Waals surface area contributed by atoms with E-state index in [-0.39, 0.29) is 23.1 Å². The van der Waals surface area contributed by atoms with Crippen molar-refractivity contribution in [3.8, 4) is 6.07 Å². The van der Waals surface area contributed by atoms with Gasteiger partial charge in [-0.05, 0) is 6.07 Å². The average Bonchev–Trinajstić information content (AvgIpc) is 2.28. The van der Waals surface area contributed by atoms with Crippen LogP contribution < -0.4 is 11.1 Å². The van der Waals surface area contributed by atoms with Gasteiger partial charge in [-0.1, -0.05) is 11.6 Å². The normalized spacial score (nSPS) is 12.3. The summed E-state index contributed by atoms with van der Waals surface area (Å²) in [4.78, 5) is 3.61. The fourth-order valence-electron chi connectivity index (χ4n) is 1.21. The first-order valence-corrected chi connectivity index (χ1v) is 5.35. The van der Waals surface area contributed by atoms with Crippen LogP contribution in [0.1, 0.15) is 12.0 Å². The number of rotatable bonds is 5. The second kappa shape index (κ2) is 6.42. The average molecular weight is 279 g/mol. The van der Waals surface area contributed by atoms with E-state index in [1.807, 2.05) is 0 Å². The Labute approximate surface area is 107 Å². The summed E-state index contributed by atoms with van der Waals surface area (Å²) in [5.41, 5.74) is 5.29. The summed E-state index contributed by atoms with van der Waals surface area (Å²) in [5, 5.41) is 10.9. The van der Waals surface area contributed by atoms with E-state index in [2.05, 4.69) is 10.3 Å². The number of alkyl halides is 2. The van der Waals surface area contributed by atoms with Crippen LogP contribution in [0.15, 0.2) is 6.07 Å². The fraction of sp³-hybridized carbons (Fsp3) is 0.400. The molecule has 0 amide bonds. The van der Waals surface area contributed by atoms with Crippen molar-refractivity contribution >= 4 is 17.4 Å². The fourth-order valence-corrected chi connectivity index (χ4v) is 1.39. The van der Waals surface area contributed by atoms with Crippen LogP contribution in [-0.2, 0) is 0 Å². The van der Waals surface area contributed by atoms with Crippen molar-refractivity contribution in [2.24, 2.45) is 5.73 Å². The Kier molecular flexibility index (Phi) is 5.19. The lowest BCUT2D eigenvalue weighted by Gasteiger charge is -2.13. The Hall–Kier alpha value is -1.52. The van der Waals surface area contributed by atoms with Gasteiger partial charge in [0.05, 0.1) is 5.56 Å². The molecule has 3 N–H and O–H groups in total. The molecule has 1 rings (SSSR count). The molecule has 0 fully saturated rings. The van der Waals surface area contributed by atoms with Crippen molar-refractivity contribution in [3.63, 3.8) is 0 Å². The number of nitrogens with one attached hydrogen (secondary N) is 1. The summed E-state index contributed by atoms with van der Waals surface area (Å²) >= 11 is 5.61. The molecular formula is C10H10ClF3N4. The third-order valence-electron chi connectivity index (χ3n) is 2.06. The van der Waals surface area contributed by atoms with E-state index in [0.717, 1.165) is 6.07 Å². The van der Waals surface area contributed by atoms with Crippen LogP contribution in [-0.4, -0.2) is 24.0 Å². The van der Waals surface area contributed by atoms with Gasteiger partial charge in [0, 0.05) is 19.0 Å². The molecule has 0 unspecified atom stereocenters. The summed E-state index contributed by atoms with van der Waals surface area (Å²) in [6.07, 6.45) is -3.03. The van der Waals surface area contributed by atoms with Gasteiger partial charge in [-0.15, -0.1) is 0 Å². The minimum atomic E-state index is -2.52. The van der Waals surface area contributed by atoms with Crippen LogP contribution in [0, 0.1) is 17.1 Å². The molecule has 98 valence electrons. The van der Waals surface area contributed by atoms with E-state index in [0.29, 0.717) is 0 Å². The third-order valence-corrected chi connectivity index (χ3v) is 2.35. The van der Waals surface area contributed by atoms with Gasteiger partial charge in [-0.3, -0.25) is 0 Å². The minimum absolute atomic E-state index is 0.0729. The second-order valence-electron chi connectivity index (χ2n) is 3.54. The molecule has 8 heteroatoms. The second-order valence-corrected chi connectivity index (χ2v) is 3.89. The maximum absolute atomic E-state index is 13.4. The standard InChI is InChI=1S/C10H10ClF3N4/c11-9-5(3-15)1-7(12)10(18-9)17-4-6(16)2-8(13)14/h1,6,8H,2,4,16H2,(H,17,18)/t6-/m0/s1. The van der Waals surface area contributed by atoms with E-state index in [4.69, 9.17) is 22.6 Å². The van der Waals surface area contributed by atoms with Gasteiger partial charge in [0.15, 0.2) is 11.6 Å². The zero-order valence-electron chi connectivity index (χ0n) is 9.13. The quantitative estimate of drug-likeness (QED) is 0.809. The molecule has 0 radical (unpaired) electrons. The highest BCUT2D eigenvalue weighted by molar-refractivity contribution is 6.30. The number of nitrogens with zero attached hydrogens (tertiary/aromatic N) is 2. The van der Waals surface area contributed by atoms with E-state index >= 15 is 0 Å². The number of halogens is 4. The van der Waals surface area contributed by atoms with Gasteiger partial charge < -0.3 is 11.1 Å². The van der Waals surface area contributed by atoms with Crippen LogP contribution in [0.2, 0.25) is 5.15 Å². The van der Waals surface area contributed by atoms with Gasteiger partial charge in [0.2, 0.25) is 6.43 Å². The lowest BCUT2D eigenvalue weighted by Crippen LogP contribution is -2.31. The van der Waals surface area contributed by atoms with Crippen LogP contribution in [0.25, 0.3) is 0 Å². The molecule has 0 saturated carbocycles. The van der Waals surface area contributed by atoms with Crippen molar-refractivity contribution in [3.05, 3.63) is 22.6 Å². The summed E-state index contributed by atoms with van der Waals surface area (Å²) in [6.45, 7) is -0.0729. The highest BCUT2D eigenvalue weighted by Crippen LogP contribution is 2.19. The monoisotopic (exact) mass is 278 g/mol. The largest absolute Gasteiger partial charge is 0.366 e. The summed E-state index contributed by atoms with van der Waals surface area (Å²) in [7, 11) is 0. The smallest absolute Gasteiger partial charge is 0.240 e. The molecule has 0 spiro atoms. The van der Waals surface area contributed by atoms with Crippen molar-refractivity contribution in [1.29, 1.82) is 5.26 Å². The zero-order chi connectivity index (χ0) is 13.7. The van der Waals surface area contributed by atoms with E-state index in [1.54, 1.807) is 6.07 Å². The summed E-state index contributed by atoms with van der Waals surface area (Å²) in [5.74, 6) is -1.01. The Morgan fingerprint density at radius 1 is 1.56 bits per heavy atom. The van der Waals surface area contributed by atoms with Gasteiger partial charge in [0.25, 0.3) is 0 Å². The molecular weight excluding hydrogens is 269 g/mol. The Balaban J connectivity index is 2.69. The number of pyridine rings is 1. The highest BCUT2D eigenvalue weighted by Gasteiger charge is 2.13. The molecule has 0 bridgehead atoms. The number of anilines is 1. The van der Waals surface area contributed by atoms with Crippen LogP contribution >= 0.6 is 11.6 Å². The molecule has 1 aromatic heterocycles. The molecule has 0 saturated heterocycles. The number of hydrogen-bond acceptors (Lipinski definition) is 4. The van der Waals surface area contributed by atoms with Gasteiger partial charge in [-0.2, -0.15) is 5.26 Å². The maximum Gasteiger partial charge on any atom is 0.240 e. The predicted molar refractivity (Wildman–Crippen MR) is 61.0 cm³/mol. The first-order chi connectivity index (χ1) is 8.43. The SMILES string of the molecule is N#Cc1cc(F)c(NC[C@@H](N)CC(F)F)nc1Cl. The van der Waals surface area contributed by atoms with Crippen LogP contribution in [0.4, 0.5) is 19.0 Å². The summed E-state index contributed by atoms with van der Waals surface area (Å²) < 4.78 is 37.4. The Morgan fingerprint density at radius 3 is 2.78 bits per heavy atom.